The number of alkyl carbamates (subject to hydrolysis) is 1. The van der Waals surface area contributed by atoms with E-state index in [1.807, 2.05) is 45.0 Å². The molecule has 2 rings (SSSR count). The van der Waals surface area contributed by atoms with Gasteiger partial charge in [0.2, 0.25) is 23.6 Å². The zero-order chi connectivity index (χ0) is 43.4. The SMILES string of the molecule is CC[C@H](C)[C@H](NC(=O)[C@H](Cc1c[nH]c2ccccc12)NC(=O)OC(C)(C)C)C(=O)N[C@@H](C)C(=O)NC(C)(C)C(=S)N[C@H](C(=O)N[C@H](C(=O)OC)C(C)C)[C@@H](C)CC. The Hall–Kier alpha value is -4.73. The molecule has 2 aromatic rings. The van der Waals surface area contributed by atoms with Gasteiger partial charge in [-0.25, -0.2) is 9.59 Å². The maximum absolute atomic E-state index is 13.9. The summed E-state index contributed by atoms with van der Waals surface area (Å²) < 4.78 is 10.3. The summed E-state index contributed by atoms with van der Waals surface area (Å²) in [6.07, 6.45) is 2.22. The maximum Gasteiger partial charge on any atom is 0.408 e. The number of esters is 1. The van der Waals surface area contributed by atoms with Gasteiger partial charge in [0.1, 0.15) is 40.8 Å². The second-order valence-electron chi connectivity index (χ2n) is 16.6. The molecule has 0 aliphatic carbocycles. The maximum atomic E-state index is 13.9. The number of ether oxygens (including phenoxy) is 2. The van der Waals surface area contributed by atoms with Crippen LogP contribution >= 0.6 is 12.2 Å². The minimum absolute atomic E-state index is 0.106. The van der Waals surface area contributed by atoms with E-state index in [0.717, 1.165) is 16.5 Å². The van der Waals surface area contributed by atoms with Gasteiger partial charge in [-0.15, -0.1) is 0 Å². The number of carbonyl (C=O) groups is 6. The van der Waals surface area contributed by atoms with Gasteiger partial charge >= 0.3 is 12.1 Å². The van der Waals surface area contributed by atoms with E-state index in [-0.39, 0.29) is 29.2 Å². The van der Waals surface area contributed by atoms with E-state index >= 15 is 0 Å². The molecule has 318 valence electrons. The summed E-state index contributed by atoms with van der Waals surface area (Å²) in [5, 5.41) is 17.8. The highest BCUT2D eigenvalue weighted by atomic mass is 32.1. The number of aromatic amines is 1. The van der Waals surface area contributed by atoms with Crippen molar-refractivity contribution in [1.82, 2.24) is 36.9 Å². The van der Waals surface area contributed by atoms with Crippen LogP contribution < -0.4 is 31.9 Å². The Morgan fingerprint density at radius 1 is 0.737 bits per heavy atom. The molecule has 1 aromatic heterocycles. The lowest BCUT2D eigenvalue weighted by Gasteiger charge is -2.34. The topological polar surface area (TPSA) is 209 Å². The van der Waals surface area contributed by atoms with Gasteiger partial charge in [-0.3, -0.25) is 19.2 Å². The minimum atomic E-state index is -1.18. The molecule has 0 radical (unpaired) electrons. The lowest BCUT2D eigenvalue weighted by molar-refractivity contribution is -0.146. The third-order valence-electron chi connectivity index (χ3n) is 9.86. The van der Waals surface area contributed by atoms with Gasteiger partial charge in [0.05, 0.1) is 12.6 Å². The first-order valence-electron chi connectivity index (χ1n) is 19.6. The molecule has 0 aliphatic rings. The third-order valence-corrected chi connectivity index (χ3v) is 10.5. The van der Waals surface area contributed by atoms with Crippen molar-refractivity contribution in [3.05, 3.63) is 36.0 Å². The summed E-state index contributed by atoms with van der Waals surface area (Å²) in [7, 11) is 1.26. The average Bonchev–Trinajstić information content (AvgIpc) is 3.54. The number of hydrogen-bond donors (Lipinski definition) is 7. The molecule has 1 heterocycles. The Morgan fingerprint density at radius 3 is 1.82 bits per heavy atom. The van der Waals surface area contributed by atoms with Gasteiger partial charge in [0, 0.05) is 23.5 Å². The van der Waals surface area contributed by atoms with E-state index < -0.39 is 77.0 Å². The van der Waals surface area contributed by atoms with Gasteiger partial charge in [-0.1, -0.05) is 84.8 Å². The molecule has 0 fully saturated rings. The second kappa shape index (κ2) is 21.1. The van der Waals surface area contributed by atoms with E-state index in [1.54, 1.807) is 61.6 Å². The Balaban J connectivity index is 2.22. The van der Waals surface area contributed by atoms with Gasteiger partial charge in [0.15, 0.2) is 0 Å². The molecule has 5 amide bonds. The molecule has 0 unspecified atom stereocenters. The molecule has 0 spiro atoms. The monoisotopic (exact) mass is 815 g/mol. The van der Waals surface area contributed by atoms with Gasteiger partial charge in [-0.2, -0.15) is 0 Å². The normalized spacial score (nSPS) is 15.5. The molecule has 0 saturated carbocycles. The van der Waals surface area contributed by atoms with E-state index in [0.29, 0.717) is 12.8 Å². The fraction of sp³-hybridized carbons (Fsp3) is 0.634. The number of thiocarbonyl (C=S) groups is 1. The largest absolute Gasteiger partial charge is 0.467 e. The predicted octanol–water partition coefficient (Wildman–Crippen LogP) is 4.18. The Morgan fingerprint density at radius 2 is 1.28 bits per heavy atom. The first-order chi connectivity index (χ1) is 26.5. The van der Waals surface area contributed by atoms with Crippen LogP contribution in [0.25, 0.3) is 10.9 Å². The highest BCUT2D eigenvalue weighted by Gasteiger charge is 2.37. The Labute approximate surface area is 342 Å². The van der Waals surface area contributed by atoms with Crippen molar-refractivity contribution >= 4 is 63.8 Å². The number of amides is 5. The number of rotatable bonds is 19. The molecular weight excluding hydrogens is 751 g/mol. The average molecular weight is 816 g/mol. The van der Waals surface area contributed by atoms with Crippen LogP contribution in [0.5, 0.6) is 0 Å². The highest BCUT2D eigenvalue weighted by Crippen LogP contribution is 2.20. The molecule has 15 nitrogen and oxygen atoms in total. The van der Waals surface area contributed by atoms with Crippen molar-refractivity contribution in [2.24, 2.45) is 17.8 Å². The zero-order valence-corrected chi connectivity index (χ0v) is 36.6. The molecule has 1 aromatic carbocycles. The Kier molecular flexibility index (Phi) is 18.0. The molecule has 0 aliphatic heterocycles. The van der Waals surface area contributed by atoms with Crippen LogP contribution in [0.3, 0.4) is 0 Å². The quantitative estimate of drug-likeness (QED) is 0.0795. The second-order valence-corrected chi connectivity index (χ2v) is 17.0. The summed E-state index contributed by atoms with van der Waals surface area (Å²) >= 11 is 5.70. The first-order valence-corrected chi connectivity index (χ1v) is 20.0. The summed E-state index contributed by atoms with van der Waals surface area (Å²) in [5.41, 5.74) is -0.346. The van der Waals surface area contributed by atoms with E-state index in [1.165, 1.54) is 14.0 Å². The Bertz CT molecular complexity index is 1740. The van der Waals surface area contributed by atoms with Crippen LogP contribution in [0, 0.1) is 17.8 Å². The van der Waals surface area contributed by atoms with Crippen molar-refractivity contribution < 1.29 is 38.2 Å². The number of methoxy groups -OCH3 is 1. The molecular formula is C41H65N7O8S. The number of aromatic nitrogens is 1. The van der Waals surface area contributed by atoms with Crippen LogP contribution in [0.2, 0.25) is 0 Å². The van der Waals surface area contributed by atoms with Crippen molar-refractivity contribution in [2.45, 2.75) is 144 Å². The lowest BCUT2D eigenvalue weighted by Crippen LogP contribution is -2.63. The van der Waals surface area contributed by atoms with Gasteiger partial charge in [0.25, 0.3) is 0 Å². The van der Waals surface area contributed by atoms with Crippen LogP contribution in [-0.4, -0.2) is 94.1 Å². The summed E-state index contributed by atoms with van der Waals surface area (Å²) in [5.74, 6) is -3.56. The number of H-pyrrole nitrogens is 1. The van der Waals surface area contributed by atoms with E-state index in [9.17, 15) is 28.8 Å². The molecule has 0 bridgehead atoms. The summed E-state index contributed by atoms with van der Waals surface area (Å²) in [4.78, 5) is 83.4. The van der Waals surface area contributed by atoms with E-state index in [4.69, 9.17) is 21.7 Å². The van der Waals surface area contributed by atoms with Crippen molar-refractivity contribution in [1.29, 1.82) is 0 Å². The summed E-state index contributed by atoms with van der Waals surface area (Å²) in [6, 6.07) is 2.65. The van der Waals surface area contributed by atoms with Crippen LogP contribution in [0.15, 0.2) is 30.5 Å². The third kappa shape index (κ3) is 14.3. The number of hydrogen-bond acceptors (Lipinski definition) is 9. The lowest BCUT2D eigenvalue weighted by atomic mass is 9.95. The molecule has 16 heteroatoms. The fourth-order valence-corrected chi connectivity index (χ4v) is 6.05. The molecule has 7 atom stereocenters. The van der Waals surface area contributed by atoms with Gasteiger partial charge in [-0.05, 0) is 70.9 Å². The van der Waals surface area contributed by atoms with E-state index in [2.05, 4.69) is 36.9 Å². The van der Waals surface area contributed by atoms with Crippen LogP contribution in [0.1, 0.15) is 101 Å². The van der Waals surface area contributed by atoms with Crippen molar-refractivity contribution in [2.75, 3.05) is 7.11 Å². The standard InChI is InChI=1S/C41H65N7O8S/c1-14-23(5)31(46-34(50)29(44-39(54)56-40(8,9)10)20-26-21-42-28-19-17-16-18-27(26)28)35(51)43-25(7)33(49)48-41(11,12)38(57)47-32(24(6)15-2)36(52)45-30(22(3)4)37(53)55-13/h16-19,21-25,29-32,42H,14-15,20H2,1-13H3,(H,43,51)(H,44,54)(H,45,52)(H,46,50)(H,47,57)(H,48,49)/t23-,24-,25-,29-,30-,31-,32-/m0/s1. The fourth-order valence-electron chi connectivity index (χ4n) is 5.87. The molecule has 57 heavy (non-hydrogen) atoms. The van der Waals surface area contributed by atoms with Crippen LogP contribution in [0.4, 0.5) is 4.79 Å². The number of carbonyl (C=O) groups excluding carboxylic acids is 6. The number of nitrogens with one attached hydrogen (secondary N) is 7. The minimum Gasteiger partial charge on any atom is -0.467 e. The first kappa shape index (κ1) is 48.4. The van der Waals surface area contributed by atoms with Crippen LogP contribution in [-0.2, 0) is 39.9 Å². The molecule has 0 saturated heterocycles. The molecule has 7 N–H and O–H groups in total. The predicted molar refractivity (Wildman–Crippen MR) is 224 cm³/mol. The number of benzene rings is 1. The highest BCUT2D eigenvalue weighted by molar-refractivity contribution is 7.80. The van der Waals surface area contributed by atoms with Crippen molar-refractivity contribution in [3.63, 3.8) is 0 Å². The zero-order valence-electron chi connectivity index (χ0n) is 35.8. The van der Waals surface area contributed by atoms with Crippen molar-refractivity contribution in [3.8, 4) is 0 Å². The van der Waals surface area contributed by atoms with Gasteiger partial charge < -0.3 is 46.4 Å². The number of para-hydroxylation sites is 1. The smallest absolute Gasteiger partial charge is 0.408 e. The summed E-state index contributed by atoms with van der Waals surface area (Å²) in [6.45, 7) is 21.0. The number of fused-ring (bicyclic) bond motifs is 1.